The third-order valence-electron chi connectivity index (χ3n) is 3.78. The van der Waals surface area contributed by atoms with Crippen molar-refractivity contribution in [1.29, 1.82) is 0 Å². The van der Waals surface area contributed by atoms with Gasteiger partial charge in [-0.15, -0.1) is 0 Å². The van der Waals surface area contributed by atoms with Gasteiger partial charge in [-0.3, -0.25) is 9.59 Å². The average Bonchev–Trinajstić information content (AvgIpc) is 2.58. The minimum Gasteiger partial charge on any atom is -0.308 e. The molecule has 23 heavy (non-hydrogen) atoms. The van der Waals surface area contributed by atoms with Gasteiger partial charge in [0.05, 0.1) is 6.54 Å². The van der Waals surface area contributed by atoms with Crippen LogP contribution in [0.2, 0.25) is 0 Å². The lowest BCUT2D eigenvalue weighted by atomic mass is 10.0. The molecule has 0 unspecified atom stereocenters. The largest absolute Gasteiger partial charge is 0.308 e. The molecule has 0 aliphatic carbocycles. The van der Waals surface area contributed by atoms with Gasteiger partial charge in [0.15, 0.2) is 5.78 Å². The van der Waals surface area contributed by atoms with Gasteiger partial charge in [-0.05, 0) is 29.7 Å². The molecule has 3 aromatic rings. The molecule has 0 radical (unpaired) electrons. The highest BCUT2D eigenvalue weighted by molar-refractivity contribution is 5.96. The van der Waals surface area contributed by atoms with Crippen LogP contribution >= 0.6 is 0 Å². The molecular weight excluding hydrogens is 286 g/mol. The second-order valence-electron chi connectivity index (χ2n) is 5.54. The number of rotatable bonds is 4. The summed E-state index contributed by atoms with van der Waals surface area (Å²) in [4.78, 5) is 24.2. The van der Waals surface area contributed by atoms with Crippen LogP contribution in [0.4, 0.5) is 0 Å². The maximum Gasteiger partial charge on any atom is 0.251 e. The molecule has 0 fully saturated rings. The van der Waals surface area contributed by atoms with Crippen molar-refractivity contribution in [2.75, 3.05) is 0 Å². The molecule has 0 N–H and O–H groups in total. The van der Waals surface area contributed by atoms with Crippen LogP contribution in [0.15, 0.2) is 77.7 Å². The van der Waals surface area contributed by atoms with Crippen molar-refractivity contribution in [3.63, 3.8) is 0 Å². The molecule has 3 rings (SSSR count). The number of aryl methyl sites for hydroxylation is 1. The van der Waals surface area contributed by atoms with Gasteiger partial charge in [-0.1, -0.05) is 54.6 Å². The summed E-state index contributed by atoms with van der Waals surface area (Å²) in [7, 11) is 0. The van der Waals surface area contributed by atoms with E-state index in [2.05, 4.69) is 0 Å². The number of carbonyl (C=O) groups excluding carboxylic acids is 1. The molecule has 0 bridgehead atoms. The summed E-state index contributed by atoms with van der Waals surface area (Å²) in [5.74, 6) is -0.0736. The van der Waals surface area contributed by atoms with Crippen LogP contribution in [-0.2, 0) is 6.54 Å². The third-order valence-corrected chi connectivity index (χ3v) is 3.78. The first-order valence-electron chi connectivity index (χ1n) is 7.49. The molecule has 1 aromatic heterocycles. The lowest BCUT2D eigenvalue weighted by Crippen LogP contribution is -2.23. The van der Waals surface area contributed by atoms with Crippen LogP contribution in [0, 0.1) is 6.92 Å². The highest BCUT2D eigenvalue weighted by Crippen LogP contribution is 2.19. The van der Waals surface area contributed by atoms with Gasteiger partial charge in [0, 0.05) is 17.8 Å². The average molecular weight is 303 g/mol. The Balaban J connectivity index is 1.79. The molecule has 0 atom stereocenters. The van der Waals surface area contributed by atoms with Crippen molar-refractivity contribution in [3.05, 3.63) is 94.4 Å². The highest BCUT2D eigenvalue weighted by Gasteiger charge is 2.08. The monoisotopic (exact) mass is 303 g/mol. The van der Waals surface area contributed by atoms with Crippen LogP contribution < -0.4 is 5.56 Å². The molecule has 1 heterocycles. The smallest absolute Gasteiger partial charge is 0.251 e. The Morgan fingerprint density at radius 1 is 0.913 bits per heavy atom. The van der Waals surface area contributed by atoms with E-state index in [1.54, 1.807) is 6.20 Å². The Morgan fingerprint density at radius 3 is 2.22 bits per heavy atom. The molecular formula is C20H17NO2. The van der Waals surface area contributed by atoms with E-state index in [9.17, 15) is 9.59 Å². The summed E-state index contributed by atoms with van der Waals surface area (Å²) in [5.41, 5.74) is 3.53. The van der Waals surface area contributed by atoms with Gasteiger partial charge in [0.2, 0.25) is 0 Å². The van der Waals surface area contributed by atoms with Crippen LogP contribution in [0.25, 0.3) is 11.1 Å². The van der Waals surface area contributed by atoms with Crippen molar-refractivity contribution in [2.45, 2.75) is 13.5 Å². The molecule has 0 spiro atoms. The van der Waals surface area contributed by atoms with E-state index in [4.69, 9.17) is 0 Å². The van der Waals surface area contributed by atoms with Crippen LogP contribution in [0.3, 0.4) is 0 Å². The summed E-state index contributed by atoms with van der Waals surface area (Å²) in [6.45, 7) is 1.92. The van der Waals surface area contributed by atoms with E-state index in [0.29, 0.717) is 5.56 Å². The number of Topliss-reactive ketones (excluding diaryl/α,β-unsaturated/α-hetero) is 1. The van der Waals surface area contributed by atoms with Gasteiger partial charge in [0.25, 0.3) is 5.56 Å². The Hall–Kier alpha value is -2.94. The van der Waals surface area contributed by atoms with Crippen molar-refractivity contribution in [2.24, 2.45) is 0 Å². The second-order valence-corrected chi connectivity index (χ2v) is 5.54. The number of ketones is 1. The van der Waals surface area contributed by atoms with Crippen LogP contribution in [0.5, 0.6) is 0 Å². The van der Waals surface area contributed by atoms with Crippen molar-refractivity contribution < 1.29 is 4.79 Å². The second kappa shape index (κ2) is 6.44. The first kappa shape index (κ1) is 15.0. The van der Waals surface area contributed by atoms with Crippen molar-refractivity contribution in [1.82, 2.24) is 4.57 Å². The summed E-state index contributed by atoms with van der Waals surface area (Å²) in [5, 5.41) is 0. The standard InChI is InChI=1S/C20H17NO2/c1-15-11-12-21(20(23)13-15)14-19(22)18-9-7-17(8-10-18)16-5-3-2-4-6-16/h2-13H,14H2,1H3. The Bertz CT molecular complexity index is 878. The van der Waals surface area contributed by atoms with Gasteiger partial charge in [-0.25, -0.2) is 0 Å². The van der Waals surface area contributed by atoms with E-state index in [1.807, 2.05) is 67.6 Å². The number of carbonyl (C=O) groups is 1. The lowest BCUT2D eigenvalue weighted by Gasteiger charge is -2.07. The number of hydrogen-bond donors (Lipinski definition) is 0. The maximum atomic E-state index is 12.3. The maximum absolute atomic E-state index is 12.3. The highest BCUT2D eigenvalue weighted by atomic mass is 16.1. The Morgan fingerprint density at radius 2 is 1.57 bits per heavy atom. The zero-order valence-electron chi connectivity index (χ0n) is 12.9. The first-order valence-corrected chi connectivity index (χ1v) is 7.49. The molecule has 0 aliphatic rings. The predicted octanol–water partition coefficient (Wildman–Crippen LogP) is 3.71. The predicted molar refractivity (Wildman–Crippen MR) is 91.6 cm³/mol. The SMILES string of the molecule is Cc1ccn(CC(=O)c2ccc(-c3ccccc3)cc2)c(=O)c1. The van der Waals surface area contributed by atoms with Crippen molar-refractivity contribution in [3.8, 4) is 11.1 Å². The lowest BCUT2D eigenvalue weighted by molar-refractivity contribution is 0.0971. The van der Waals surface area contributed by atoms with E-state index in [0.717, 1.165) is 16.7 Å². The van der Waals surface area contributed by atoms with E-state index in [1.165, 1.54) is 10.6 Å². The topological polar surface area (TPSA) is 39.1 Å². The van der Waals surface area contributed by atoms with Gasteiger partial charge >= 0.3 is 0 Å². The number of hydrogen-bond acceptors (Lipinski definition) is 2. The normalized spacial score (nSPS) is 10.5. The molecule has 2 aromatic carbocycles. The minimum atomic E-state index is -0.153. The summed E-state index contributed by atoms with van der Waals surface area (Å²) in [6.07, 6.45) is 1.66. The zero-order chi connectivity index (χ0) is 16.2. The van der Waals surface area contributed by atoms with Crippen LogP contribution in [-0.4, -0.2) is 10.4 Å². The molecule has 0 saturated heterocycles. The van der Waals surface area contributed by atoms with E-state index in [-0.39, 0.29) is 17.9 Å². The number of nitrogens with zero attached hydrogens (tertiary/aromatic N) is 1. The summed E-state index contributed by atoms with van der Waals surface area (Å²) >= 11 is 0. The molecule has 0 saturated carbocycles. The molecule has 0 aliphatic heterocycles. The molecule has 3 nitrogen and oxygen atoms in total. The van der Waals surface area contributed by atoms with Gasteiger partial charge in [-0.2, -0.15) is 0 Å². The third kappa shape index (κ3) is 3.46. The Kier molecular flexibility index (Phi) is 4.20. The minimum absolute atomic E-state index is 0.0593. The quantitative estimate of drug-likeness (QED) is 0.689. The molecule has 114 valence electrons. The molecule has 0 amide bonds. The fourth-order valence-corrected chi connectivity index (χ4v) is 2.46. The van der Waals surface area contributed by atoms with Crippen LogP contribution in [0.1, 0.15) is 15.9 Å². The summed E-state index contributed by atoms with van der Waals surface area (Å²) < 4.78 is 1.43. The Labute approximate surface area is 134 Å². The van der Waals surface area contributed by atoms with E-state index < -0.39 is 0 Å². The number of aromatic nitrogens is 1. The number of benzene rings is 2. The molecule has 3 heteroatoms. The van der Waals surface area contributed by atoms with Gasteiger partial charge < -0.3 is 4.57 Å². The van der Waals surface area contributed by atoms with Crippen molar-refractivity contribution >= 4 is 5.78 Å². The van der Waals surface area contributed by atoms with Gasteiger partial charge in [0.1, 0.15) is 0 Å². The fourth-order valence-electron chi connectivity index (χ4n) is 2.46. The van der Waals surface area contributed by atoms with E-state index >= 15 is 0 Å². The fraction of sp³-hybridized carbons (Fsp3) is 0.100. The zero-order valence-corrected chi connectivity index (χ0v) is 12.9. The summed E-state index contributed by atoms with van der Waals surface area (Å²) in [6, 6.07) is 20.8. The first-order chi connectivity index (χ1) is 11.1. The number of pyridine rings is 1.